The Morgan fingerprint density at radius 2 is 1.88 bits per heavy atom. The molecule has 1 aliphatic rings. The molecule has 0 saturated heterocycles. The zero-order chi connectivity index (χ0) is 18.1. The molecular formula is C23H37NO. The molecule has 2 atom stereocenters. The van der Waals surface area contributed by atoms with E-state index in [1.165, 1.54) is 61.6 Å². The minimum absolute atomic E-state index is 0.0403. The highest BCUT2D eigenvalue weighted by atomic mass is 16.3. The van der Waals surface area contributed by atoms with E-state index in [1.54, 1.807) is 0 Å². The second kappa shape index (κ2) is 10.1. The number of aryl methyl sites for hydroxylation is 1. The lowest BCUT2D eigenvalue weighted by atomic mass is 9.82. The molecule has 2 heteroatoms. The molecule has 0 aliphatic heterocycles. The van der Waals surface area contributed by atoms with Crippen LogP contribution in [0.25, 0.3) is 0 Å². The van der Waals surface area contributed by atoms with Gasteiger partial charge in [0.25, 0.3) is 0 Å². The van der Waals surface area contributed by atoms with E-state index in [0.717, 1.165) is 19.3 Å². The first-order valence-electron chi connectivity index (χ1n) is 10.2. The van der Waals surface area contributed by atoms with Gasteiger partial charge in [-0.25, -0.2) is 0 Å². The fourth-order valence-electron chi connectivity index (χ4n) is 3.92. The molecule has 0 fully saturated rings. The Hall–Kier alpha value is -1.12. The van der Waals surface area contributed by atoms with E-state index in [9.17, 15) is 5.11 Å². The first-order chi connectivity index (χ1) is 12.1. The Balaban J connectivity index is 1.97. The SMILES string of the molecule is CCCCCCCCc1ccc2c(c1)CC=CC[C@H]2C[C@](C)(N)CO. The molecular weight excluding hydrogens is 306 g/mol. The highest BCUT2D eigenvalue weighted by molar-refractivity contribution is 5.38. The molecule has 0 saturated carbocycles. The zero-order valence-corrected chi connectivity index (χ0v) is 16.3. The molecule has 0 bridgehead atoms. The van der Waals surface area contributed by atoms with Crippen molar-refractivity contribution in [1.82, 2.24) is 0 Å². The van der Waals surface area contributed by atoms with E-state index in [2.05, 4.69) is 37.3 Å². The van der Waals surface area contributed by atoms with E-state index in [-0.39, 0.29) is 6.61 Å². The summed E-state index contributed by atoms with van der Waals surface area (Å²) in [5, 5.41) is 9.52. The van der Waals surface area contributed by atoms with Gasteiger partial charge in [-0.2, -0.15) is 0 Å². The zero-order valence-electron chi connectivity index (χ0n) is 16.3. The number of aliphatic hydroxyl groups excluding tert-OH is 1. The molecule has 140 valence electrons. The molecule has 0 unspecified atom stereocenters. The standard InChI is InChI=1S/C23H37NO/c1-3-4-5-6-7-8-11-19-14-15-22-20(16-19)12-9-10-13-21(22)17-23(2,24)18-25/h9-10,14-16,21,25H,3-8,11-13,17-18,24H2,1-2H3/t21-,23-/m0/s1. The second-order valence-electron chi connectivity index (χ2n) is 8.18. The Bertz CT molecular complexity index is 547. The summed E-state index contributed by atoms with van der Waals surface area (Å²) in [5.41, 5.74) is 10.1. The Labute approximate surface area is 154 Å². The Morgan fingerprint density at radius 3 is 2.64 bits per heavy atom. The van der Waals surface area contributed by atoms with Crippen molar-refractivity contribution in [1.29, 1.82) is 0 Å². The van der Waals surface area contributed by atoms with E-state index < -0.39 is 5.54 Å². The highest BCUT2D eigenvalue weighted by Gasteiger charge is 2.25. The van der Waals surface area contributed by atoms with Gasteiger partial charge in [0, 0.05) is 5.54 Å². The van der Waals surface area contributed by atoms with Crippen LogP contribution in [0.5, 0.6) is 0 Å². The summed E-state index contributed by atoms with van der Waals surface area (Å²) in [7, 11) is 0. The van der Waals surface area contributed by atoms with Gasteiger partial charge >= 0.3 is 0 Å². The van der Waals surface area contributed by atoms with Gasteiger partial charge in [0.1, 0.15) is 0 Å². The van der Waals surface area contributed by atoms with Gasteiger partial charge in [-0.3, -0.25) is 0 Å². The molecule has 0 amide bonds. The number of nitrogens with two attached hydrogens (primary N) is 1. The maximum atomic E-state index is 9.52. The molecule has 1 aromatic carbocycles. The van der Waals surface area contributed by atoms with Crippen LogP contribution < -0.4 is 5.73 Å². The minimum atomic E-state index is -0.503. The normalized spacial score (nSPS) is 19.3. The quantitative estimate of drug-likeness (QED) is 0.449. The van der Waals surface area contributed by atoms with Gasteiger partial charge < -0.3 is 10.8 Å². The number of benzene rings is 1. The van der Waals surface area contributed by atoms with Gasteiger partial charge in [0.05, 0.1) is 6.61 Å². The van der Waals surface area contributed by atoms with Gasteiger partial charge in [0.2, 0.25) is 0 Å². The smallest absolute Gasteiger partial charge is 0.0608 e. The fraction of sp³-hybridized carbons (Fsp3) is 0.652. The van der Waals surface area contributed by atoms with Crippen molar-refractivity contribution in [3.63, 3.8) is 0 Å². The first kappa shape index (κ1) is 20.2. The average Bonchev–Trinajstić information content (AvgIpc) is 2.79. The second-order valence-corrected chi connectivity index (χ2v) is 8.18. The maximum absolute atomic E-state index is 9.52. The first-order valence-corrected chi connectivity index (χ1v) is 10.2. The van der Waals surface area contributed by atoms with E-state index in [1.807, 2.05) is 6.92 Å². The molecule has 0 radical (unpaired) electrons. The molecule has 1 aromatic rings. The van der Waals surface area contributed by atoms with Crippen molar-refractivity contribution in [2.24, 2.45) is 5.73 Å². The van der Waals surface area contributed by atoms with Crippen molar-refractivity contribution >= 4 is 0 Å². The fourth-order valence-corrected chi connectivity index (χ4v) is 3.92. The van der Waals surface area contributed by atoms with Gasteiger partial charge in [0.15, 0.2) is 0 Å². The van der Waals surface area contributed by atoms with E-state index in [4.69, 9.17) is 5.73 Å². The van der Waals surface area contributed by atoms with Crippen LogP contribution in [-0.2, 0) is 12.8 Å². The van der Waals surface area contributed by atoms with Crippen molar-refractivity contribution < 1.29 is 5.11 Å². The molecule has 3 N–H and O–H groups in total. The highest BCUT2D eigenvalue weighted by Crippen LogP contribution is 2.34. The van der Waals surface area contributed by atoms with Crippen molar-refractivity contribution in [3.8, 4) is 0 Å². The third-order valence-corrected chi connectivity index (χ3v) is 5.47. The number of hydrogen-bond donors (Lipinski definition) is 2. The van der Waals surface area contributed by atoms with Crippen LogP contribution >= 0.6 is 0 Å². The summed E-state index contributed by atoms with van der Waals surface area (Å²) < 4.78 is 0. The van der Waals surface area contributed by atoms with Crippen LogP contribution in [0.3, 0.4) is 0 Å². The molecule has 0 aromatic heterocycles. The van der Waals surface area contributed by atoms with Gasteiger partial charge in [-0.05, 0) is 61.6 Å². The summed E-state index contributed by atoms with van der Waals surface area (Å²) in [6.07, 6.45) is 16.7. The van der Waals surface area contributed by atoms with Crippen LogP contribution in [0, 0.1) is 0 Å². The number of hydrogen-bond acceptors (Lipinski definition) is 2. The lowest BCUT2D eigenvalue weighted by Gasteiger charge is -2.28. The third-order valence-electron chi connectivity index (χ3n) is 5.47. The number of unbranched alkanes of at least 4 members (excludes halogenated alkanes) is 5. The van der Waals surface area contributed by atoms with Crippen LogP contribution in [0.2, 0.25) is 0 Å². The average molecular weight is 344 g/mol. The summed E-state index contributed by atoms with van der Waals surface area (Å²) in [5.74, 6) is 0.416. The predicted molar refractivity (Wildman–Crippen MR) is 108 cm³/mol. The maximum Gasteiger partial charge on any atom is 0.0608 e. The van der Waals surface area contributed by atoms with Gasteiger partial charge in [-0.15, -0.1) is 0 Å². The molecule has 2 nitrogen and oxygen atoms in total. The Kier molecular flexibility index (Phi) is 8.18. The van der Waals surface area contributed by atoms with Crippen molar-refractivity contribution in [3.05, 3.63) is 47.0 Å². The lowest BCUT2D eigenvalue weighted by Crippen LogP contribution is -2.41. The van der Waals surface area contributed by atoms with Crippen LogP contribution in [-0.4, -0.2) is 17.3 Å². The van der Waals surface area contributed by atoms with Crippen molar-refractivity contribution in [2.45, 2.75) is 89.5 Å². The monoisotopic (exact) mass is 343 g/mol. The molecule has 25 heavy (non-hydrogen) atoms. The molecule has 2 rings (SSSR count). The topological polar surface area (TPSA) is 46.2 Å². The summed E-state index contributed by atoms with van der Waals surface area (Å²) >= 11 is 0. The number of rotatable bonds is 10. The minimum Gasteiger partial charge on any atom is -0.394 e. The largest absolute Gasteiger partial charge is 0.394 e. The summed E-state index contributed by atoms with van der Waals surface area (Å²) in [6, 6.07) is 7.06. The van der Waals surface area contributed by atoms with E-state index >= 15 is 0 Å². The lowest BCUT2D eigenvalue weighted by molar-refractivity contribution is 0.192. The number of allylic oxidation sites excluding steroid dienone is 2. The van der Waals surface area contributed by atoms with E-state index in [0.29, 0.717) is 5.92 Å². The molecule has 1 aliphatic carbocycles. The van der Waals surface area contributed by atoms with Gasteiger partial charge in [-0.1, -0.05) is 69.4 Å². The Morgan fingerprint density at radius 1 is 1.12 bits per heavy atom. The number of aliphatic hydroxyl groups is 1. The summed E-state index contributed by atoms with van der Waals surface area (Å²) in [4.78, 5) is 0. The van der Waals surface area contributed by atoms with Crippen molar-refractivity contribution in [2.75, 3.05) is 6.61 Å². The van der Waals surface area contributed by atoms with Crippen LogP contribution in [0.15, 0.2) is 30.4 Å². The number of fused-ring (bicyclic) bond motifs is 1. The third kappa shape index (κ3) is 6.60. The predicted octanol–water partition coefficient (Wildman–Crippen LogP) is 5.28. The summed E-state index contributed by atoms with van der Waals surface area (Å²) in [6.45, 7) is 4.26. The van der Waals surface area contributed by atoms with Crippen LogP contribution in [0.1, 0.15) is 87.8 Å². The molecule has 0 heterocycles. The van der Waals surface area contributed by atoms with Crippen LogP contribution in [0.4, 0.5) is 0 Å². The molecule has 0 spiro atoms.